The maximum absolute atomic E-state index is 3.66. The molecule has 2 heteroatoms. The van der Waals surface area contributed by atoms with Crippen LogP contribution in [0.3, 0.4) is 0 Å². The number of nitrogens with one attached hydrogen (secondary N) is 1. The third kappa shape index (κ3) is 6.52. The lowest BCUT2D eigenvalue weighted by molar-refractivity contribution is 0.586. The summed E-state index contributed by atoms with van der Waals surface area (Å²) in [7, 11) is 0. The van der Waals surface area contributed by atoms with Crippen molar-refractivity contribution >= 4 is 27.2 Å². The van der Waals surface area contributed by atoms with Crippen LogP contribution in [-0.2, 0) is 0 Å². The van der Waals surface area contributed by atoms with Gasteiger partial charge in [-0.25, -0.2) is 0 Å². The summed E-state index contributed by atoms with van der Waals surface area (Å²) in [6.45, 7) is 8.67. The molecule has 0 atom stereocenters. The van der Waals surface area contributed by atoms with E-state index in [1.54, 1.807) is 0 Å². The van der Waals surface area contributed by atoms with Crippen molar-refractivity contribution in [2.24, 2.45) is 0 Å². The van der Waals surface area contributed by atoms with Crippen LogP contribution < -0.4 is 5.32 Å². The summed E-state index contributed by atoms with van der Waals surface area (Å²) in [6, 6.07) is 9.36. The molecule has 116 valence electrons. The zero-order chi connectivity index (χ0) is 15.7. The Morgan fingerprint density at radius 2 is 1.71 bits per heavy atom. The standard InChI is InChI=1S/C19H28BrN/c1-5-8-18(9-6-2)21-19-12-10-16(11-13-19)15(4)14-17(20)7-3/h7,10-14,18,21H,5-6,8-9H2,1-4H3/b15-14+,17-7+. The average molecular weight is 350 g/mol. The Hall–Kier alpha value is -1.02. The minimum absolute atomic E-state index is 0.597. The van der Waals surface area contributed by atoms with Gasteiger partial charge in [-0.2, -0.15) is 0 Å². The largest absolute Gasteiger partial charge is 0.382 e. The maximum atomic E-state index is 3.66. The lowest BCUT2D eigenvalue weighted by atomic mass is 10.0. The number of hydrogen-bond donors (Lipinski definition) is 1. The van der Waals surface area contributed by atoms with Crippen molar-refractivity contribution in [2.45, 2.75) is 59.4 Å². The van der Waals surface area contributed by atoms with Gasteiger partial charge < -0.3 is 5.32 Å². The van der Waals surface area contributed by atoms with Gasteiger partial charge in [0.05, 0.1) is 0 Å². The fourth-order valence-electron chi connectivity index (χ4n) is 2.42. The van der Waals surface area contributed by atoms with Crippen LogP contribution in [0.5, 0.6) is 0 Å². The van der Waals surface area contributed by atoms with Gasteiger partial charge in [0, 0.05) is 16.2 Å². The Bertz CT molecular complexity index is 465. The number of benzene rings is 1. The predicted molar refractivity (Wildman–Crippen MR) is 100 cm³/mol. The van der Waals surface area contributed by atoms with Crippen LogP contribution in [-0.4, -0.2) is 6.04 Å². The minimum atomic E-state index is 0.597. The monoisotopic (exact) mass is 349 g/mol. The molecule has 0 bridgehead atoms. The van der Waals surface area contributed by atoms with Crippen molar-refractivity contribution in [1.82, 2.24) is 0 Å². The Kier molecular flexibility index (Phi) is 8.44. The normalized spacial score (nSPS) is 12.9. The van der Waals surface area contributed by atoms with E-state index in [4.69, 9.17) is 0 Å². The second-order valence-electron chi connectivity index (χ2n) is 5.50. The van der Waals surface area contributed by atoms with Gasteiger partial charge in [-0.3, -0.25) is 0 Å². The van der Waals surface area contributed by atoms with Crippen LogP contribution in [0.1, 0.15) is 58.9 Å². The van der Waals surface area contributed by atoms with Crippen molar-refractivity contribution in [2.75, 3.05) is 5.32 Å². The molecule has 0 unspecified atom stereocenters. The topological polar surface area (TPSA) is 12.0 Å². The van der Waals surface area contributed by atoms with Gasteiger partial charge in [0.15, 0.2) is 0 Å². The first-order chi connectivity index (χ1) is 10.1. The van der Waals surface area contributed by atoms with E-state index in [-0.39, 0.29) is 0 Å². The van der Waals surface area contributed by atoms with Gasteiger partial charge in [-0.1, -0.05) is 60.8 Å². The first-order valence-electron chi connectivity index (χ1n) is 7.97. The first kappa shape index (κ1) is 18.0. The van der Waals surface area contributed by atoms with Crippen molar-refractivity contribution in [3.63, 3.8) is 0 Å². The van der Waals surface area contributed by atoms with E-state index in [0.29, 0.717) is 6.04 Å². The van der Waals surface area contributed by atoms with Crippen LogP contribution in [0.2, 0.25) is 0 Å². The van der Waals surface area contributed by atoms with Crippen molar-refractivity contribution in [3.8, 4) is 0 Å². The van der Waals surface area contributed by atoms with Crippen LogP contribution in [0, 0.1) is 0 Å². The molecule has 0 amide bonds. The molecule has 0 aliphatic rings. The number of hydrogen-bond acceptors (Lipinski definition) is 1. The Morgan fingerprint density at radius 1 is 1.14 bits per heavy atom. The van der Waals surface area contributed by atoms with Gasteiger partial charge in [0.2, 0.25) is 0 Å². The number of allylic oxidation sites excluding steroid dienone is 4. The molecule has 0 aliphatic carbocycles. The van der Waals surface area contributed by atoms with Gasteiger partial charge in [0.25, 0.3) is 0 Å². The first-order valence-corrected chi connectivity index (χ1v) is 8.77. The van der Waals surface area contributed by atoms with E-state index < -0.39 is 0 Å². The highest BCUT2D eigenvalue weighted by atomic mass is 79.9. The van der Waals surface area contributed by atoms with E-state index in [1.165, 1.54) is 42.5 Å². The molecule has 1 N–H and O–H groups in total. The molecule has 0 aliphatic heterocycles. The number of anilines is 1. The highest BCUT2D eigenvalue weighted by molar-refractivity contribution is 9.11. The van der Waals surface area contributed by atoms with Crippen molar-refractivity contribution in [1.29, 1.82) is 0 Å². The van der Waals surface area contributed by atoms with Crippen LogP contribution in [0.4, 0.5) is 5.69 Å². The molecule has 1 aromatic rings. The second kappa shape index (κ2) is 9.83. The van der Waals surface area contributed by atoms with Gasteiger partial charge in [0.1, 0.15) is 0 Å². The lowest BCUT2D eigenvalue weighted by Gasteiger charge is -2.19. The van der Waals surface area contributed by atoms with E-state index >= 15 is 0 Å². The fourth-order valence-corrected chi connectivity index (χ4v) is 2.77. The summed E-state index contributed by atoms with van der Waals surface area (Å²) in [6.07, 6.45) is 9.15. The highest BCUT2D eigenvalue weighted by Gasteiger charge is 2.06. The molecule has 0 saturated heterocycles. The molecule has 0 aromatic heterocycles. The summed E-state index contributed by atoms with van der Waals surface area (Å²) < 4.78 is 1.12. The highest BCUT2D eigenvalue weighted by Crippen LogP contribution is 2.21. The zero-order valence-corrected chi connectivity index (χ0v) is 15.3. The molecular formula is C19H28BrN. The van der Waals surface area contributed by atoms with Gasteiger partial charge in [-0.05, 0) is 56.0 Å². The third-order valence-corrected chi connectivity index (χ3v) is 4.30. The van der Waals surface area contributed by atoms with E-state index in [2.05, 4.69) is 78.4 Å². The van der Waals surface area contributed by atoms with Gasteiger partial charge in [-0.15, -0.1) is 0 Å². The SMILES string of the molecule is C/C=C(Br)\C=C(/C)c1ccc(NC(CCC)CCC)cc1. The van der Waals surface area contributed by atoms with Crippen LogP contribution in [0.25, 0.3) is 5.57 Å². The number of halogens is 1. The molecule has 0 saturated carbocycles. The molecule has 0 radical (unpaired) electrons. The van der Waals surface area contributed by atoms with E-state index in [0.717, 1.165) is 4.48 Å². The van der Waals surface area contributed by atoms with Crippen LogP contribution >= 0.6 is 15.9 Å². The van der Waals surface area contributed by atoms with Crippen molar-refractivity contribution < 1.29 is 0 Å². The fraction of sp³-hybridized carbons (Fsp3) is 0.474. The van der Waals surface area contributed by atoms with Gasteiger partial charge >= 0.3 is 0 Å². The molecule has 0 fully saturated rings. The molecular weight excluding hydrogens is 322 g/mol. The molecule has 0 spiro atoms. The van der Waals surface area contributed by atoms with Crippen molar-refractivity contribution in [3.05, 3.63) is 46.5 Å². The predicted octanol–water partition coefficient (Wildman–Crippen LogP) is 6.77. The molecule has 1 rings (SSSR count). The van der Waals surface area contributed by atoms with E-state index in [9.17, 15) is 0 Å². The molecule has 21 heavy (non-hydrogen) atoms. The summed E-state index contributed by atoms with van der Waals surface area (Å²) in [5.74, 6) is 0. The molecule has 1 nitrogen and oxygen atoms in total. The zero-order valence-electron chi connectivity index (χ0n) is 13.7. The third-order valence-electron chi connectivity index (χ3n) is 3.62. The summed E-state index contributed by atoms with van der Waals surface area (Å²) in [5.41, 5.74) is 3.76. The Balaban J connectivity index is 2.75. The molecule has 0 heterocycles. The second-order valence-corrected chi connectivity index (χ2v) is 6.41. The van der Waals surface area contributed by atoms with Crippen LogP contribution in [0.15, 0.2) is 40.9 Å². The summed E-state index contributed by atoms with van der Waals surface area (Å²) in [4.78, 5) is 0. The number of rotatable bonds is 8. The Labute approximate surface area is 138 Å². The molecule has 1 aromatic carbocycles. The summed E-state index contributed by atoms with van der Waals surface area (Å²) >= 11 is 3.53. The average Bonchev–Trinajstić information content (AvgIpc) is 2.48. The Morgan fingerprint density at radius 3 is 2.19 bits per heavy atom. The smallest absolute Gasteiger partial charge is 0.0342 e. The summed E-state index contributed by atoms with van der Waals surface area (Å²) in [5, 5.41) is 3.66. The maximum Gasteiger partial charge on any atom is 0.0342 e. The minimum Gasteiger partial charge on any atom is -0.382 e. The quantitative estimate of drug-likeness (QED) is 0.510. The lowest BCUT2D eigenvalue weighted by Crippen LogP contribution is -2.18. The van der Waals surface area contributed by atoms with E-state index in [1.807, 2.05) is 6.92 Å².